The van der Waals surface area contributed by atoms with Gasteiger partial charge in [-0.3, -0.25) is 0 Å². The van der Waals surface area contributed by atoms with E-state index in [2.05, 4.69) is 15.4 Å². The molecule has 0 saturated carbocycles. The molecule has 0 saturated heterocycles. The predicted molar refractivity (Wildman–Crippen MR) is 103 cm³/mol. The van der Waals surface area contributed by atoms with Gasteiger partial charge < -0.3 is 20.1 Å². The number of thiophene rings is 1. The number of esters is 1. The van der Waals surface area contributed by atoms with Gasteiger partial charge in [0.2, 0.25) is 0 Å². The Hall–Kier alpha value is -2.26. The van der Waals surface area contributed by atoms with Crippen LogP contribution < -0.4 is 15.4 Å². The molecule has 1 heterocycles. The second-order valence-electron chi connectivity index (χ2n) is 5.19. The Labute approximate surface area is 159 Å². The lowest BCUT2D eigenvalue weighted by Gasteiger charge is -2.12. The number of alkyl halides is 2. The molecule has 0 radical (unpaired) electrons. The second-order valence-corrected chi connectivity index (χ2v) is 6.82. The molecule has 0 spiro atoms. The van der Waals surface area contributed by atoms with E-state index in [1.165, 1.54) is 23.5 Å². The molecule has 0 aliphatic heterocycles. The Balaban J connectivity index is 2.08. The fourth-order valence-electron chi connectivity index (χ4n) is 2.15. The van der Waals surface area contributed by atoms with Gasteiger partial charge in [-0.15, -0.1) is 11.3 Å². The Morgan fingerprint density at radius 1 is 1.23 bits per heavy atom. The van der Waals surface area contributed by atoms with Crippen LogP contribution in [0.15, 0.2) is 24.3 Å². The van der Waals surface area contributed by atoms with Crippen molar-refractivity contribution in [3.8, 4) is 5.75 Å². The number of hydrogen-bond acceptors (Lipinski definition) is 5. The summed E-state index contributed by atoms with van der Waals surface area (Å²) in [6.45, 7) is 2.91. The Bertz CT molecular complexity index is 792. The van der Waals surface area contributed by atoms with Crippen LogP contribution in [0.3, 0.4) is 0 Å². The average molecular weight is 400 g/mol. The van der Waals surface area contributed by atoms with Crippen LogP contribution in [0.5, 0.6) is 5.75 Å². The maximum atomic E-state index is 12.2. The van der Waals surface area contributed by atoms with Crippen molar-refractivity contribution >= 4 is 45.3 Å². The van der Waals surface area contributed by atoms with Crippen LogP contribution in [0.4, 0.5) is 19.5 Å². The van der Waals surface area contributed by atoms with Crippen LogP contribution in [-0.2, 0) is 4.74 Å². The fourth-order valence-corrected chi connectivity index (χ4v) is 3.49. The van der Waals surface area contributed by atoms with Crippen molar-refractivity contribution in [2.75, 3.05) is 17.2 Å². The van der Waals surface area contributed by atoms with E-state index in [4.69, 9.17) is 17.0 Å². The van der Waals surface area contributed by atoms with E-state index >= 15 is 0 Å². The van der Waals surface area contributed by atoms with Crippen molar-refractivity contribution in [1.29, 1.82) is 0 Å². The molecule has 0 amide bonds. The molecule has 1 aromatic heterocycles. The quantitative estimate of drug-likeness (QED) is 0.528. The summed E-state index contributed by atoms with van der Waals surface area (Å²) >= 11 is 6.67. The van der Waals surface area contributed by atoms with Gasteiger partial charge in [-0.05, 0) is 62.8 Å². The van der Waals surface area contributed by atoms with Gasteiger partial charge in [0.15, 0.2) is 5.11 Å². The van der Waals surface area contributed by atoms with Gasteiger partial charge in [-0.25, -0.2) is 4.79 Å². The van der Waals surface area contributed by atoms with Crippen molar-refractivity contribution in [3.05, 3.63) is 40.3 Å². The highest BCUT2D eigenvalue weighted by Crippen LogP contribution is 2.33. The van der Waals surface area contributed by atoms with Gasteiger partial charge in [0.1, 0.15) is 10.8 Å². The van der Waals surface area contributed by atoms with Gasteiger partial charge in [0.25, 0.3) is 0 Å². The summed E-state index contributed by atoms with van der Waals surface area (Å²) in [4.78, 5) is 13.1. The number of benzene rings is 1. The van der Waals surface area contributed by atoms with Crippen LogP contribution in [0, 0.1) is 13.8 Å². The van der Waals surface area contributed by atoms with E-state index in [1.807, 2.05) is 13.8 Å². The summed E-state index contributed by atoms with van der Waals surface area (Å²) in [5.74, 6) is -0.355. The lowest BCUT2D eigenvalue weighted by atomic mass is 10.1. The Morgan fingerprint density at radius 2 is 1.88 bits per heavy atom. The van der Waals surface area contributed by atoms with E-state index in [9.17, 15) is 13.6 Å². The van der Waals surface area contributed by atoms with E-state index in [0.29, 0.717) is 16.3 Å². The van der Waals surface area contributed by atoms with Crippen molar-refractivity contribution < 1.29 is 23.0 Å². The topological polar surface area (TPSA) is 59.6 Å². The molecule has 0 aliphatic carbocycles. The fraction of sp³-hybridized carbons (Fsp3) is 0.294. The Kier molecular flexibility index (Phi) is 6.87. The second kappa shape index (κ2) is 8.91. The number of rotatable bonds is 6. The predicted octanol–water partition coefficient (Wildman–Crippen LogP) is 4.95. The first-order chi connectivity index (χ1) is 12.3. The van der Waals surface area contributed by atoms with Crippen LogP contribution in [0.2, 0.25) is 0 Å². The molecular formula is C17H18F2N2O3S2. The zero-order valence-electron chi connectivity index (χ0n) is 14.4. The minimum absolute atomic E-state index is 0.0542. The standard InChI is InChI=1S/C17H18F2N2O3S2/c1-4-23-15(22)13-9(2)10(3)26-14(13)21-17(25)20-11-5-7-12(8-6-11)24-16(18)19/h5-8,16H,4H2,1-3H3,(H2,20,21,25). The maximum Gasteiger partial charge on any atom is 0.387 e. The number of aryl methyl sites for hydroxylation is 1. The third-order valence-corrected chi connectivity index (χ3v) is 4.76. The zero-order valence-corrected chi connectivity index (χ0v) is 16.0. The molecule has 9 heteroatoms. The van der Waals surface area contributed by atoms with E-state index in [1.54, 1.807) is 19.1 Å². The van der Waals surface area contributed by atoms with Crippen molar-refractivity contribution in [3.63, 3.8) is 0 Å². The van der Waals surface area contributed by atoms with Crippen LogP contribution >= 0.6 is 23.6 Å². The van der Waals surface area contributed by atoms with E-state index < -0.39 is 12.6 Å². The lowest BCUT2D eigenvalue weighted by molar-refractivity contribution is -0.0498. The molecule has 0 unspecified atom stereocenters. The summed E-state index contributed by atoms with van der Waals surface area (Å²) in [5.41, 5.74) is 1.89. The number of ether oxygens (including phenoxy) is 2. The molecule has 140 valence electrons. The van der Waals surface area contributed by atoms with Crippen LogP contribution in [0.1, 0.15) is 27.7 Å². The van der Waals surface area contributed by atoms with Gasteiger partial charge in [-0.2, -0.15) is 8.78 Å². The molecule has 2 aromatic rings. The average Bonchev–Trinajstić information content (AvgIpc) is 2.83. The molecular weight excluding hydrogens is 382 g/mol. The zero-order chi connectivity index (χ0) is 19.3. The monoisotopic (exact) mass is 400 g/mol. The van der Waals surface area contributed by atoms with Gasteiger partial charge >= 0.3 is 12.6 Å². The largest absolute Gasteiger partial charge is 0.462 e. The smallest absolute Gasteiger partial charge is 0.387 e. The van der Waals surface area contributed by atoms with Crippen molar-refractivity contribution in [1.82, 2.24) is 0 Å². The van der Waals surface area contributed by atoms with Crippen LogP contribution in [-0.4, -0.2) is 24.3 Å². The normalized spacial score (nSPS) is 10.5. The number of halogens is 2. The number of hydrogen-bond donors (Lipinski definition) is 2. The first kappa shape index (κ1) is 20.1. The van der Waals surface area contributed by atoms with E-state index in [-0.39, 0.29) is 17.5 Å². The van der Waals surface area contributed by atoms with Gasteiger partial charge in [0.05, 0.1) is 12.2 Å². The van der Waals surface area contributed by atoms with Gasteiger partial charge in [0, 0.05) is 10.6 Å². The van der Waals surface area contributed by atoms with Gasteiger partial charge in [-0.1, -0.05) is 0 Å². The number of nitrogens with one attached hydrogen (secondary N) is 2. The lowest BCUT2D eigenvalue weighted by Crippen LogP contribution is -2.20. The van der Waals surface area contributed by atoms with E-state index in [0.717, 1.165) is 10.4 Å². The number of thiocarbonyl (C=S) groups is 1. The minimum atomic E-state index is -2.87. The van der Waals surface area contributed by atoms with Crippen molar-refractivity contribution in [2.24, 2.45) is 0 Å². The molecule has 0 bridgehead atoms. The molecule has 0 fully saturated rings. The highest BCUT2D eigenvalue weighted by atomic mass is 32.1. The third kappa shape index (κ3) is 5.12. The van der Waals surface area contributed by atoms with Crippen molar-refractivity contribution in [2.45, 2.75) is 27.4 Å². The first-order valence-corrected chi connectivity index (χ1v) is 8.94. The number of carbonyl (C=O) groups is 1. The molecule has 5 nitrogen and oxygen atoms in total. The molecule has 26 heavy (non-hydrogen) atoms. The summed E-state index contributed by atoms with van der Waals surface area (Å²) < 4.78 is 33.7. The number of carbonyl (C=O) groups excluding carboxylic acids is 1. The maximum absolute atomic E-state index is 12.2. The highest BCUT2D eigenvalue weighted by Gasteiger charge is 2.21. The summed E-state index contributed by atoms with van der Waals surface area (Å²) in [7, 11) is 0. The Morgan fingerprint density at radius 3 is 2.46 bits per heavy atom. The number of anilines is 2. The summed E-state index contributed by atoms with van der Waals surface area (Å²) in [6.07, 6.45) is 0. The summed E-state index contributed by atoms with van der Waals surface area (Å²) in [5, 5.41) is 6.78. The molecule has 2 N–H and O–H groups in total. The first-order valence-electron chi connectivity index (χ1n) is 7.71. The molecule has 1 aromatic carbocycles. The minimum Gasteiger partial charge on any atom is -0.462 e. The molecule has 0 atom stereocenters. The SMILES string of the molecule is CCOC(=O)c1c(NC(=S)Nc2ccc(OC(F)F)cc2)sc(C)c1C. The molecule has 0 aliphatic rings. The highest BCUT2D eigenvalue weighted by molar-refractivity contribution is 7.80. The molecule has 2 rings (SSSR count). The third-order valence-electron chi connectivity index (χ3n) is 3.43. The van der Waals surface area contributed by atoms with Crippen LogP contribution in [0.25, 0.3) is 0 Å². The summed E-state index contributed by atoms with van der Waals surface area (Å²) in [6, 6.07) is 5.92.